The summed E-state index contributed by atoms with van der Waals surface area (Å²) in [6, 6.07) is 3.27. The highest BCUT2D eigenvalue weighted by Gasteiger charge is 2.18. The Morgan fingerprint density at radius 2 is 2.17 bits per heavy atom. The van der Waals surface area contributed by atoms with Crippen molar-refractivity contribution >= 4 is 27.4 Å². The standard InChI is InChI=1S/C10H8BrF2NO4/c11-5-7(15)3-6-1-2-8(18-10(12)13)4-9(6)14(16)17/h1-2,4,10H,3,5H2. The zero-order valence-corrected chi connectivity index (χ0v) is 10.5. The molecule has 5 nitrogen and oxygen atoms in total. The molecule has 1 aromatic rings. The molecule has 0 spiro atoms. The van der Waals surface area contributed by atoms with Crippen molar-refractivity contribution in [1.29, 1.82) is 0 Å². The highest BCUT2D eigenvalue weighted by molar-refractivity contribution is 9.09. The van der Waals surface area contributed by atoms with Crippen LogP contribution in [-0.4, -0.2) is 22.6 Å². The Kier molecular flexibility index (Phi) is 5.14. The van der Waals surface area contributed by atoms with Gasteiger partial charge in [-0.15, -0.1) is 0 Å². The first kappa shape index (κ1) is 14.5. The maximum absolute atomic E-state index is 12.0. The van der Waals surface area contributed by atoms with Crippen LogP contribution < -0.4 is 4.74 Å². The number of hydrogen-bond donors (Lipinski definition) is 0. The average Bonchev–Trinajstić information content (AvgIpc) is 2.29. The van der Waals surface area contributed by atoms with Crippen LogP contribution in [0, 0.1) is 10.1 Å². The molecule has 0 aliphatic carbocycles. The molecule has 0 amide bonds. The van der Waals surface area contributed by atoms with Crippen molar-refractivity contribution in [2.24, 2.45) is 0 Å². The van der Waals surface area contributed by atoms with Gasteiger partial charge in [-0.25, -0.2) is 0 Å². The average molecular weight is 324 g/mol. The quantitative estimate of drug-likeness (QED) is 0.458. The maximum atomic E-state index is 12.0. The van der Waals surface area contributed by atoms with Gasteiger partial charge in [-0.3, -0.25) is 14.9 Å². The zero-order valence-electron chi connectivity index (χ0n) is 8.94. The Morgan fingerprint density at radius 3 is 2.67 bits per heavy atom. The van der Waals surface area contributed by atoms with Crippen LogP contribution in [0.15, 0.2) is 18.2 Å². The number of carbonyl (C=O) groups is 1. The van der Waals surface area contributed by atoms with E-state index >= 15 is 0 Å². The first-order valence-corrected chi connectivity index (χ1v) is 5.86. The summed E-state index contributed by atoms with van der Waals surface area (Å²) in [5.41, 5.74) is -0.256. The third-order valence-electron chi connectivity index (χ3n) is 2.02. The van der Waals surface area contributed by atoms with Crippen LogP contribution >= 0.6 is 15.9 Å². The summed E-state index contributed by atoms with van der Waals surface area (Å²) < 4.78 is 28.0. The number of carbonyl (C=O) groups excluding carboxylic acids is 1. The lowest BCUT2D eigenvalue weighted by atomic mass is 10.1. The smallest absolute Gasteiger partial charge is 0.387 e. The fourth-order valence-corrected chi connectivity index (χ4v) is 1.50. The second-order valence-corrected chi connectivity index (χ2v) is 3.84. The molecule has 0 bridgehead atoms. The molecule has 0 aliphatic heterocycles. The van der Waals surface area contributed by atoms with Crippen LogP contribution in [-0.2, 0) is 11.2 Å². The van der Waals surface area contributed by atoms with Crippen LogP contribution in [0.2, 0.25) is 0 Å². The van der Waals surface area contributed by atoms with Crippen molar-refractivity contribution in [3.8, 4) is 5.75 Å². The summed E-state index contributed by atoms with van der Waals surface area (Å²) in [5, 5.41) is 10.8. The van der Waals surface area contributed by atoms with Gasteiger partial charge in [-0.2, -0.15) is 8.78 Å². The van der Waals surface area contributed by atoms with E-state index in [-0.39, 0.29) is 28.8 Å². The first-order chi connectivity index (χ1) is 8.43. The predicted octanol–water partition coefficient (Wildman–Crippen LogP) is 2.70. The van der Waals surface area contributed by atoms with E-state index in [1.165, 1.54) is 6.07 Å². The summed E-state index contributed by atoms with van der Waals surface area (Å²) in [6.07, 6.45) is -0.142. The second-order valence-electron chi connectivity index (χ2n) is 3.28. The summed E-state index contributed by atoms with van der Waals surface area (Å²) in [4.78, 5) is 21.2. The highest BCUT2D eigenvalue weighted by Crippen LogP contribution is 2.26. The van der Waals surface area contributed by atoms with Crippen molar-refractivity contribution in [1.82, 2.24) is 0 Å². The lowest BCUT2D eigenvalue weighted by Gasteiger charge is -2.06. The van der Waals surface area contributed by atoms with E-state index < -0.39 is 17.2 Å². The number of halogens is 3. The number of Topliss-reactive ketones (excluding diaryl/α,β-unsaturated/α-hetero) is 1. The van der Waals surface area contributed by atoms with Gasteiger partial charge in [-0.1, -0.05) is 15.9 Å². The van der Waals surface area contributed by atoms with Gasteiger partial charge in [0.1, 0.15) is 11.5 Å². The highest BCUT2D eigenvalue weighted by atomic mass is 79.9. The van der Waals surface area contributed by atoms with E-state index in [9.17, 15) is 23.7 Å². The molecule has 0 fully saturated rings. The lowest BCUT2D eigenvalue weighted by Crippen LogP contribution is -2.07. The van der Waals surface area contributed by atoms with Gasteiger partial charge in [0.05, 0.1) is 16.3 Å². The molecular formula is C10H8BrF2NO4. The molecule has 0 heterocycles. The molecule has 8 heteroatoms. The van der Waals surface area contributed by atoms with Crippen molar-refractivity contribution in [2.45, 2.75) is 13.0 Å². The number of nitro groups is 1. The Hall–Kier alpha value is -1.57. The topological polar surface area (TPSA) is 69.4 Å². The van der Waals surface area contributed by atoms with Gasteiger partial charge < -0.3 is 4.74 Å². The number of hydrogen-bond acceptors (Lipinski definition) is 4. The fraction of sp³-hybridized carbons (Fsp3) is 0.300. The van der Waals surface area contributed by atoms with E-state index in [4.69, 9.17) is 0 Å². The zero-order chi connectivity index (χ0) is 13.7. The Balaban J connectivity index is 3.04. The van der Waals surface area contributed by atoms with Crippen molar-refractivity contribution in [3.63, 3.8) is 0 Å². The molecule has 0 aromatic heterocycles. The summed E-state index contributed by atoms with van der Waals surface area (Å²) >= 11 is 2.94. The monoisotopic (exact) mass is 323 g/mol. The van der Waals surface area contributed by atoms with E-state index in [0.717, 1.165) is 12.1 Å². The fourth-order valence-electron chi connectivity index (χ4n) is 1.30. The van der Waals surface area contributed by atoms with Gasteiger partial charge in [0.25, 0.3) is 5.69 Å². The molecule has 1 aromatic carbocycles. The number of nitrogens with zero attached hydrogens (tertiary/aromatic N) is 1. The molecule has 18 heavy (non-hydrogen) atoms. The summed E-state index contributed by atoms with van der Waals surface area (Å²) in [7, 11) is 0. The Morgan fingerprint density at radius 1 is 1.50 bits per heavy atom. The minimum Gasteiger partial charge on any atom is -0.435 e. The predicted molar refractivity (Wildman–Crippen MR) is 62.2 cm³/mol. The number of rotatable bonds is 6. The van der Waals surface area contributed by atoms with Crippen LogP contribution in [0.4, 0.5) is 14.5 Å². The Bertz CT molecular complexity index is 467. The number of ether oxygens (including phenoxy) is 1. The molecule has 1 rings (SSSR count). The van der Waals surface area contributed by atoms with E-state index in [2.05, 4.69) is 20.7 Å². The van der Waals surface area contributed by atoms with E-state index in [1.54, 1.807) is 0 Å². The van der Waals surface area contributed by atoms with Crippen molar-refractivity contribution in [2.75, 3.05) is 5.33 Å². The lowest BCUT2D eigenvalue weighted by molar-refractivity contribution is -0.385. The van der Waals surface area contributed by atoms with Gasteiger partial charge in [0.15, 0.2) is 0 Å². The maximum Gasteiger partial charge on any atom is 0.387 e. The van der Waals surface area contributed by atoms with E-state index in [0.29, 0.717) is 0 Å². The molecule has 0 aliphatic rings. The molecule has 0 atom stereocenters. The minimum absolute atomic E-state index is 0.0689. The third kappa shape index (κ3) is 4.02. The van der Waals surface area contributed by atoms with Crippen LogP contribution in [0.25, 0.3) is 0 Å². The van der Waals surface area contributed by atoms with Crippen LogP contribution in [0.3, 0.4) is 0 Å². The normalized spacial score (nSPS) is 10.4. The molecular weight excluding hydrogens is 316 g/mol. The molecule has 0 N–H and O–H groups in total. The van der Waals surface area contributed by atoms with Crippen LogP contribution in [0.1, 0.15) is 5.56 Å². The van der Waals surface area contributed by atoms with Crippen molar-refractivity contribution < 1.29 is 23.2 Å². The summed E-state index contributed by atoms with van der Waals surface area (Å²) in [6.45, 7) is -3.06. The Labute approximate surface area is 109 Å². The van der Waals surface area contributed by atoms with Gasteiger partial charge in [0.2, 0.25) is 0 Å². The third-order valence-corrected chi connectivity index (χ3v) is 2.64. The largest absolute Gasteiger partial charge is 0.435 e. The summed E-state index contributed by atoms with van der Waals surface area (Å²) in [5.74, 6) is -0.563. The molecule has 0 saturated carbocycles. The molecule has 0 unspecified atom stereocenters. The van der Waals surface area contributed by atoms with Crippen LogP contribution in [0.5, 0.6) is 5.75 Å². The van der Waals surface area contributed by atoms with Gasteiger partial charge in [0, 0.05) is 12.0 Å². The number of benzene rings is 1. The van der Waals surface area contributed by atoms with Crippen molar-refractivity contribution in [3.05, 3.63) is 33.9 Å². The van der Waals surface area contributed by atoms with Gasteiger partial charge >= 0.3 is 6.61 Å². The van der Waals surface area contributed by atoms with Gasteiger partial charge in [-0.05, 0) is 12.1 Å². The molecule has 0 radical (unpaired) electrons. The minimum atomic E-state index is -3.06. The first-order valence-electron chi connectivity index (χ1n) is 4.74. The SMILES string of the molecule is O=C(CBr)Cc1ccc(OC(F)F)cc1[N+](=O)[O-]. The number of nitro benzene ring substituents is 1. The second kappa shape index (κ2) is 6.39. The number of alkyl halides is 3. The number of ketones is 1. The molecule has 0 saturated heterocycles. The molecule has 98 valence electrons. The van der Waals surface area contributed by atoms with E-state index in [1.807, 2.05) is 0 Å².